The summed E-state index contributed by atoms with van der Waals surface area (Å²) in [5.41, 5.74) is 0. The molecule has 0 unspecified atom stereocenters. The first-order valence-electron chi connectivity index (χ1n) is 0.500. The Hall–Kier alpha value is 0.549. The fourth-order valence-electron chi connectivity index (χ4n) is 0. The maximum atomic E-state index is 8.44. The van der Waals surface area contributed by atoms with Gasteiger partial charge in [-0.1, -0.05) is 0 Å². The molecule has 0 bridgehead atoms. The fraction of sp³-hybridized carbons (Fsp3) is 0. The molecule has 6 heavy (non-hydrogen) atoms. The molecule has 4 N–H and O–H groups in total. The van der Waals surface area contributed by atoms with Crippen molar-refractivity contribution in [2.24, 2.45) is 0 Å². The molecule has 0 aliphatic heterocycles. The van der Waals surface area contributed by atoms with Gasteiger partial charge >= 0.3 is 0 Å². The van der Waals surface area contributed by atoms with Crippen molar-refractivity contribution in [3.63, 3.8) is 0 Å². The van der Waals surface area contributed by atoms with Gasteiger partial charge < -0.3 is 15.3 Å². The maximum absolute atomic E-state index is 8.44. The van der Waals surface area contributed by atoms with Gasteiger partial charge in [0.2, 0.25) is 0 Å². The average molecular weight is 154 g/mol. The quantitative estimate of drug-likeness (QED) is 0.371. The minimum absolute atomic E-state index is 0. The fourth-order valence-corrected chi connectivity index (χ4v) is 0. The Morgan fingerprint density at radius 2 is 1.33 bits per heavy atom. The summed E-state index contributed by atoms with van der Waals surface area (Å²) in [6.45, 7) is 0. The van der Waals surface area contributed by atoms with Crippen LogP contribution >= 0.6 is 0 Å². The van der Waals surface area contributed by atoms with E-state index in [1.807, 2.05) is 0 Å². The number of quaternary nitrogens is 1. The van der Waals surface area contributed by atoms with Gasteiger partial charge in [-0.05, 0) is 0 Å². The third-order valence-electron chi connectivity index (χ3n) is 0. The summed E-state index contributed by atoms with van der Waals surface area (Å²) >= 11 is -3.11. The van der Waals surface area contributed by atoms with Crippen LogP contribution in [0.1, 0.15) is 0 Å². The van der Waals surface area contributed by atoms with E-state index in [4.69, 9.17) is 13.3 Å². The second kappa shape index (κ2) is 9.12. The first-order valence-corrected chi connectivity index (χ1v) is 1.50. The van der Waals surface area contributed by atoms with E-state index in [2.05, 4.69) is 0 Å². The standard InChI is InChI=1S/Fe.H3N.H2O3S/c;;1-4(2)3/h;1H3;(H2,1,2,3)/p-1. The van der Waals surface area contributed by atoms with Gasteiger partial charge in [0.05, 0.1) is 0 Å². The molecule has 0 rings (SSSR count). The number of hydrogen-bond donors (Lipinski definition) is 1. The summed E-state index contributed by atoms with van der Waals surface area (Å²) in [7, 11) is 0. The van der Waals surface area contributed by atoms with E-state index in [1.165, 1.54) is 0 Å². The van der Waals surface area contributed by atoms with E-state index in [1.54, 1.807) is 0 Å². The van der Waals surface area contributed by atoms with Gasteiger partial charge in [-0.25, -0.2) is 0 Å². The molecule has 0 amide bonds. The molecule has 42 valence electrons. The van der Waals surface area contributed by atoms with Gasteiger partial charge in [-0.15, -0.1) is 11.4 Å². The SMILES string of the molecule is O=S([O-])[O-].[Fe].[NH4+]. The Bertz CT molecular complexity index is 33.8. The van der Waals surface area contributed by atoms with Crippen LogP contribution < -0.4 is 6.15 Å². The van der Waals surface area contributed by atoms with Crippen LogP contribution in [0, 0.1) is 0 Å². The van der Waals surface area contributed by atoms with Crippen molar-refractivity contribution in [1.29, 1.82) is 0 Å². The topological polar surface area (TPSA) is 99.7 Å². The second-order valence-corrected chi connectivity index (χ2v) is 0.612. The Labute approximate surface area is 48.5 Å². The minimum Gasteiger partial charge on any atom is -0.784 e. The van der Waals surface area contributed by atoms with Crippen LogP contribution in [0.3, 0.4) is 0 Å². The van der Waals surface area contributed by atoms with Gasteiger partial charge in [0.15, 0.2) is 0 Å². The Morgan fingerprint density at radius 1 is 1.33 bits per heavy atom. The molecule has 4 nitrogen and oxygen atoms in total. The summed E-state index contributed by atoms with van der Waals surface area (Å²) in [5.74, 6) is 0. The molecule has 0 atom stereocenters. The van der Waals surface area contributed by atoms with Gasteiger partial charge in [0.25, 0.3) is 0 Å². The van der Waals surface area contributed by atoms with Crippen molar-refractivity contribution in [1.82, 2.24) is 6.15 Å². The zero-order chi connectivity index (χ0) is 3.58. The van der Waals surface area contributed by atoms with Crippen LogP contribution in [0.4, 0.5) is 0 Å². The summed E-state index contributed by atoms with van der Waals surface area (Å²) in [6.07, 6.45) is 0. The molecule has 0 saturated carbocycles. The van der Waals surface area contributed by atoms with E-state index in [0.29, 0.717) is 0 Å². The summed E-state index contributed by atoms with van der Waals surface area (Å²) in [4.78, 5) is 0. The number of hydrogen-bond acceptors (Lipinski definition) is 3. The Balaban J connectivity index is -0.0000000450. The molecule has 0 aliphatic carbocycles. The first-order chi connectivity index (χ1) is 1.73. The molecule has 0 radical (unpaired) electrons. The van der Waals surface area contributed by atoms with Crippen molar-refractivity contribution in [3.05, 3.63) is 0 Å². The van der Waals surface area contributed by atoms with Gasteiger partial charge in [0, 0.05) is 17.1 Å². The predicted molar refractivity (Wildman–Crippen MR) is 15.7 cm³/mol. The van der Waals surface area contributed by atoms with Crippen molar-refractivity contribution in [2.45, 2.75) is 0 Å². The van der Waals surface area contributed by atoms with E-state index >= 15 is 0 Å². The molecule has 6 heteroatoms. The zero-order valence-corrected chi connectivity index (χ0v) is 4.91. The van der Waals surface area contributed by atoms with E-state index in [-0.39, 0.29) is 23.2 Å². The van der Waals surface area contributed by atoms with Crippen molar-refractivity contribution >= 4 is 11.4 Å². The monoisotopic (exact) mass is 154 g/mol. The van der Waals surface area contributed by atoms with E-state index < -0.39 is 11.4 Å². The van der Waals surface area contributed by atoms with Crippen LogP contribution in [-0.2, 0) is 28.4 Å². The van der Waals surface area contributed by atoms with Gasteiger partial charge in [-0.2, -0.15) is 0 Å². The van der Waals surface area contributed by atoms with Crippen molar-refractivity contribution in [3.8, 4) is 0 Å². The van der Waals surface area contributed by atoms with E-state index in [9.17, 15) is 0 Å². The molecule has 0 saturated heterocycles. The molecule has 0 fully saturated rings. The van der Waals surface area contributed by atoms with Gasteiger partial charge in [0.1, 0.15) is 0 Å². The van der Waals surface area contributed by atoms with Crippen molar-refractivity contribution < 1.29 is 30.4 Å². The molecule has 0 heterocycles. The van der Waals surface area contributed by atoms with E-state index in [0.717, 1.165) is 0 Å². The van der Waals surface area contributed by atoms with Crippen LogP contribution in [0.5, 0.6) is 0 Å². The molecule has 0 aliphatic rings. The van der Waals surface area contributed by atoms with Crippen molar-refractivity contribution in [2.75, 3.05) is 0 Å². The second-order valence-electron chi connectivity index (χ2n) is 0.204. The smallest absolute Gasteiger partial charge is 0 e. The normalized spacial score (nSPS) is 5.83. The maximum Gasteiger partial charge on any atom is 0 e. The minimum atomic E-state index is -3.11. The third kappa shape index (κ3) is 190. The van der Waals surface area contributed by atoms with Crippen LogP contribution in [0.25, 0.3) is 0 Å². The third-order valence-corrected chi connectivity index (χ3v) is 0. The average Bonchev–Trinajstić information content (AvgIpc) is 0.811. The molecular weight excluding hydrogens is 150 g/mol. The molecule has 0 aromatic carbocycles. The number of rotatable bonds is 0. The largest absolute Gasteiger partial charge is 0.784 e. The van der Waals surface area contributed by atoms with Gasteiger partial charge in [-0.3, -0.25) is 4.21 Å². The predicted octanol–water partition coefficient (Wildman–Crippen LogP) is -0.630. The summed E-state index contributed by atoms with van der Waals surface area (Å²) in [5, 5.41) is 0. The van der Waals surface area contributed by atoms with Crippen LogP contribution in [0.15, 0.2) is 0 Å². The molecule has 0 aromatic heterocycles. The Morgan fingerprint density at radius 3 is 1.33 bits per heavy atom. The zero-order valence-electron chi connectivity index (χ0n) is 2.99. The summed E-state index contributed by atoms with van der Waals surface area (Å²) in [6, 6.07) is 0. The Kier molecular flexibility index (Phi) is 24.3. The molecule has 0 spiro atoms. The van der Waals surface area contributed by atoms with Crippen LogP contribution in [0.2, 0.25) is 0 Å². The summed E-state index contributed by atoms with van der Waals surface area (Å²) < 4.78 is 25.3. The first kappa shape index (κ1) is 16.0. The molecular formula is H4FeNO3S-. The molecule has 0 aromatic rings. The van der Waals surface area contributed by atoms with Crippen LogP contribution in [-0.4, -0.2) is 13.3 Å².